The molecule has 0 spiro atoms. The van der Waals surface area contributed by atoms with Crippen molar-refractivity contribution in [1.29, 1.82) is 0 Å². The Hall–Kier alpha value is -2.08. The summed E-state index contributed by atoms with van der Waals surface area (Å²) in [6.45, 7) is 0. The van der Waals surface area contributed by atoms with Gasteiger partial charge in [0.2, 0.25) is 0 Å². The molecule has 1 aromatic heterocycles. The van der Waals surface area contributed by atoms with Crippen molar-refractivity contribution >= 4 is 23.0 Å². The van der Waals surface area contributed by atoms with E-state index in [0.29, 0.717) is 10.6 Å². The number of nitrogens with two attached hydrogens (primary N) is 1. The van der Waals surface area contributed by atoms with E-state index in [4.69, 9.17) is 5.73 Å². The molecule has 2 N–H and O–H groups in total. The Morgan fingerprint density at radius 1 is 1.24 bits per heavy atom. The number of benzene rings is 1. The number of rotatable bonds is 3. The van der Waals surface area contributed by atoms with Crippen LogP contribution in [0.4, 0.5) is 4.39 Å². The van der Waals surface area contributed by atoms with Crippen molar-refractivity contribution in [2.75, 3.05) is 0 Å². The highest BCUT2D eigenvalue weighted by Crippen LogP contribution is 2.25. The number of primary amides is 1. The van der Waals surface area contributed by atoms with Crippen LogP contribution < -0.4 is 5.73 Å². The van der Waals surface area contributed by atoms with Gasteiger partial charge in [-0.15, -0.1) is 11.3 Å². The molecular formula is C11H7FN2O2S. The lowest BCUT2D eigenvalue weighted by Gasteiger charge is -1.94. The second kappa shape index (κ2) is 4.42. The summed E-state index contributed by atoms with van der Waals surface area (Å²) in [5, 5.41) is 0.537. The Labute approximate surface area is 99.9 Å². The summed E-state index contributed by atoms with van der Waals surface area (Å²) in [4.78, 5) is 26.1. The molecule has 1 heterocycles. The molecule has 1 aromatic carbocycles. The fraction of sp³-hybridized carbons (Fsp3) is 0. The molecule has 6 heteroatoms. The van der Waals surface area contributed by atoms with E-state index in [1.54, 1.807) is 12.1 Å². The topological polar surface area (TPSA) is 73.1 Å². The highest BCUT2D eigenvalue weighted by Gasteiger charge is 2.16. The Balaban J connectivity index is 2.33. The van der Waals surface area contributed by atoms with Gasteiger partial charge in [0.15, 0.2) is 0 Å². The first-order valence-electron chi connectivity index (χ1n) is 4.64. The van der Waals surface area contributed by atoms with E-state index in [1.165, 1.54) is 18.3 Å². The van der Waals surface area contributed by atoms with Gasteiger partial charge in [0.1, 0.15) is 15.7 Å². The van der Waals surface area contributed by atoms with E-state index >= 15 is 0 Å². The lowest BCUT2D eigenvalue weighted by molar-refractivity contribution is -0.114. The molecule has 17 heavy (non-hydrogen) atoms. The van der Waals surface area contributed by atoms with E-state index < -0.39 is 11.7 Å². The summed E-state index contributed by atoms with van der Waals surface area (Å²) in [6, 6.07) is 5.69. The van der Waals surface area contributed by atoms with Crippen LogP contribution in [0.2, 0.25) is 0 Å². The standard InChI is InChI=1S/C11H7FN2O2S/c12-7-3-1-6(2-4-7)11-14-5-8(17-11)9(15)10(13)16/h1-5H,(H2,13,16). The molecule has 0 atom stereocenters. The van der Waals surface area contributed by atoms with E-state index in [9.17, 15) is 14.0 Å². The third-order valence-electron chi connectivity index (χ3n) is 2.04. The van der Waals surface area contributed by atoms with Crippen LogP contribution in [-0.2, 0) is 4.79 Å². The SMILES string of the molecule is NC(=O)C(=O)c1cnc(-c2ccc(F)cc2)s1. The van der Waals surface area contributed by atoms with Crippen molar-refractivity contribution < 1.29 is 14.0 Å². The van der Waals surface area contributed by atoms with Crippen LogP contribution in [0.1, 0.15) is 9.67 Å². The van der Waals surface area contributed by atoms with Crippen LogP contribution >= 0.6 is 11.3 Å². The molecular weight excluding hydrogens is 243 g/mol. The first kappa shape index (κ1) is 11.4. The quantitative estimate of drug-likeness (QED) is 0.664. The van der Waals surface area contributed by atoms with E-state index in [2.05, 4.69) is 4.98 Å². The lowest BCUT2D eigenvalue weighted by atomic mass is 10.2. The summed E-state index contributed by atoms with van der Waals surface area (Å²) in [5.41, 5.74) is 5.56. The predicted octanol–water partition coefficient (Wildman–Crippen LogP) is 1.62. The van der Waals surface area contributed by atoms with Crippen molar-refractivity contribution in [3.8, 4) is 10.6 Å². The van der Waals surface area contributed by atoms with Crippen molar-refractivity contribution in [3.05, 3.63) is 41.2 Å². The lowest BCUT2D eigenvalue weighted by Crippen LogP contribution is -2.22. The van der Waals surface area contributed by atoms with Crippen molar-refractivity contribution in [2.45, 2.75) is 0 Å². The van der Waals surface area contributed by atoms with Gasteiger partial charge in [0.25, 0.3) is 11.7 Å². The first-order valence-corrected chi connectivity index (χ1v) is 5.45. The zero-order valence-corrected chi connectivity index (χ0v) is 9.33. The molecule has 0 fully saturated rings. The number of hydrogen-bond acceptors (Lipinski definition) is 4. The second-order valence-corrected chi connectivity index (χ2v) is 4.26. The third-order valence-corrected chi connectivity index (χ3v) is 3.09. The largest absolute Gasteiger partial charge is 0.363 e. The zero-order chi connectivity index (χ0) is 12.4. The van der Waals surface area contributed by atoms with Crippen molar-refractivity contribution in [1.82, 2.24) is 4.98 Å². The summed E-state index contributed by atoms with van der Waals surface area (Å²) in [7, 11) is 0. The molecule has 0 saturated carbocycles. The third kappa shape index (κ3) is 2.36. The number of ketones is 1. The molecule has 86 valence electrons. The molecule has 0 saturated heterocycles. The maximum Gasteiger partial charge on any atom is 0.290 e. The maximum absolute atomic E-state index is 12.7. The van der Waals surface area contributed by atoms with Crippen LogP contribution in [0, 0.1) is 5.82 Å². The summed E-state index contributed by atoms with van der Waals surface area (Å²) in [5.74, 6) is -2.13. The van der Waals surface area contributed by atoms with Crippen molar-refractivity contribution in [3.63, 3.8) is 0 Å². The number of amides is 1. The van der Waals surface area contributed by atoms with Crippen LogP contribution in [0.25, 0.3) is 10.6 Å². The number of aromatic nitrogens is 1. The average Bonchev–Trinajstić information content (AvgIpc) is 2.78. The van der Waals surface area contributed by atoms with Crippen LogP contribution in [0.15, 0.2) is 30.5 Å². The minimum absolute atomic E-state index is 0.178. The molecule has 0 aliphatic carbocycles. The van der Waals surface area contributed by atoms with Gasteiger partial charge in [-0.25, -0.2) is 9.37 Å². The first-order chi connectivity index (χ1) is 8.08. The molecule has 0 aliphatic rings. The number of thiazole rings is 1. The summed E-state index contributed by atoms with van der Waals surface area (Å²) in [6.07, 6.45) is 1.29. The molecule has 4 nitrogen and oxygen atoms in total. The summed E-state index contributed by atoms with van der Waals surface area (Å²) >= 11 is 1.04. The number of carbonyl (C=O) groups excluding carboxylic acids is 2. The molecule has 0 unspecified atom stereocenters. The predicted molar refractivity (Wildman–Crippen MR) is 61.0 cm³/mol. The van der Waals surface area contributed by atoms with E-state index in [-0.39, 0.29) is 10.7 Å². The second-order valence-electron chi connectivity index (χ2n) is 3.23. The number of nitrogens with zero attached hydrogens (tertiary/aromatic N) is 1. The van der Waals surface area contributed by atoms with Gasteiger partial charge < -0.3 is 5.73 Å². The Morgan fingerprint density at radius 2 is 1.88 bits per heavy atom. The maximum atomic E-state index is 12.7. The van der Waals surface area contributed by atoms with Gasteiger partial charge in [0, 0.05) is 5.56 Å². The van der Waals surface area contributed by atoms with Gasteiger partial charge in [0.05, 0.1) is 6.20 Å². The van der Waals surface area contributed by atoms with E-state index in [1.807, 2.05) is 0 Å². The van der Waals surface area contributed by atoms with Gasteiger partial charge in [-0.3, -0.25) is 9.59 Å². The van der Waals surface area contributed by atoms with Gasteiger partial charge in [-0.05, 0) is 24.3 Å². The van der Waals surface area contributed by atoms with Crippen LogP contribution in [-0.4, -0.2) is 16.7 Å². The van der Waals surface area contributed by atoms with Crippen LogP contribution in [0.5, 0.6) is 0 Å². The Morgan fingerprint density at radius 3 is 2.47 bits per heavy atom. The monoisotopic (exact) mass is 250 g/mol. The highest BCUT2D eigenvalue weighted by atomic mass is 32.1. The number of carbonyl (C=O) groups is 2. The van der Waals surface area contributed by atoms with Gasteiger partial charge in [-0.2, -0.15) is 0 Å². The minimum atomic E-state index is -1.01. The molecule has 2 aromatic rings. The Kier molecular flexibility index (Phi) is 2.97. The summed E-state index contributed by atoms with van der Waals surface area (Å²) < 4.78 is 12.7. The molecule has 0 aliphatic heterocycles. The van der Waals surface area contributed by atoms with Crippen molar-refractivity contribution in [2.24, 2.45) is 5.73 Å². The number of hydrogen-bond donors (Lipinski definition) is 1. The normalized spacial score (nSPS) is 10.2. The Bertz CT molecular complexity index is 577. The highest BCUT2D eigenvalue weighted by molar-refractivity contribution is 7.17. The van der Waals surface area contributed by atoms with Gasteiger partial charge >= 0.3 is 0 Å². The molecule has 2 rings (SSSR count). The molecule has 0 radical (unpaired) electrons. The zero-order valence-electron chi connectivity index (χ0n) is 8.51. The number of halogens is 1. The van der Waals surface area contributed by atoms with E-state index in [0.717, 1.165) is 11.3 Å². The number of Topliss-reactive ketones (excluding diaryl/α,β-unsaturated/α-hetero) is 1. The fourth-order valence-corrected chi connectivity index (χ4v) is 2.09. The minimum Gasteiger partial charge on any atom is -0.363 e. The average molecular weight is 250 g/mol. The molecule has 1 amide bonds. The smallest absolute Gasteiger partial charge is 0.290 e. The van der Waals surface area contributed by atoms with Gasteiger partial charge in [-0.1, -0.05) is 0 Å². The van der Waals surface area contributed by atoms with Crippen LogP contribution in [0.3, 0.4) is 0 Å². The fourth-order valence-electron chi connectivity index (χ4n) is 1.23. The molecule has 0 bridgehead atoms.